The van der Waals surface area contributed by atoms with Crippen molar-refractivity contribution in [1.82, 2.24) is 4.98 Å². The third-order valence-electron chi connectivity index (χ3n) is 7.43. The molecule has 6 nitrogen and oxygen atoms in total. The van der Waals surface area contributed by atoms with E-state index in [4.69, 9.17) is 14.5 Å². The number of hydrogen-bond acceptors (Lipinski definition) is 5. The summed E-state index contributed by atoms with van der Waals surface area (Å²) in [5, 5.41) is 10.3. The van der Waals surface area contributed by atoms with E-state index in [1.165, 1.54) is 6.07 Å². The van der Waals surface area contributed by atoms with E-state index in [0.717, 1.165) is 42.7 Å². The first kappa shape index (κ1) is 29.5. The number of hydrogen-bond donors (Lipinski definition) is 1. The average molecular weight is 549 g/mol. The lowest BCUT2D eigenvalue weighted by atomic mass is 9.82. The largest absolute Gasteiger partial charge is 0.486 e. The van der Waals surface area contributed by atoms with Crippen molar-refractivity contribution in [3.05, 3.63) is 76.9 Å². The van der Waals surface area contributed by atoms with Crippen molar-refractivity contribution in [2.45, 2.75) is 79.6 Å². The Hall–Kier alpha value is -3.45. The van der Waals surface area contributed by atoms with Crippen molar-refractivity contribution in [2.24, 2.45) is 5.41 Å². The second-order valence-electron chi connectivity index (χ2n) is 12.4. The molecular weight excluding hydrogens is 507 g/mol. The predicted molar refractivity (Wildman–Crippen MR) is 156 cm³/mol. The molecular formula is C33H41FN2O4. The van der Waals surface area contributed by atoms with Gasteiger partial charge in [-0.2, -0.15) is 0 Å². The van der Waals surface area contributed by atoms with Gasteiger partial charge in [-0.3, -0.25) is 4.98 Å². The van der Waals surface area contributed by atoms with E-state index in [1.54, 1.807) is 6.07 Å². The van der Waals surface area contributed by atoms with Crippen LogP contribution in [0.2, 0.25) is 0 Å². The Morgan fingerprint density at radius 2 is 1.73 bits per heavy atom. The highest BCUT2D eigenvalue weighted by atomic mass is 19.1. The zero-order valence-corrected chi connectivity index (χ0v) is 24.7. The number of carboxylic acid groups (broad SMARTS) is 1. The molecule has 1 aliphatic heterocycles. The number of piperidine rings is 1. The van der Waals surface area contributed by atoms with Crippen molar-refractivity contribution >= 4 is 11.7 Å². The Balaban J connectivity index is 1.84. The number of benzene rings is 2. The minimum Gasteiger partial charge on any atom is -0.486 e. The summed E-state index contributed by atoms with van der Waals surface area (Å²) in [4.78, 5) is 19.6. The lowest BCUT2D eigenvalue weighted by molar-refractivity contribution is -0.160. The van der Waals surface area contributed by atoms with E-state index in [2.05, 4.69) is 18.7 Å². The minimum atomic E-state index is -1.23. The molecule has 40 heavy (non-hydrogen) atoms. The molecule has 1 atom stereocenters. The number of pyridine rings is 1. The van der Waals surface area contributed by atoms with Crippen molar-refractivity contribution in [2.75, 3.05) is 18.0 Å². The van der Waals surface area contributed by atoms with E-state index < -0.39 is 23.5 Å². The topological polar surface area (TPSA) is 71.9 Å². The number of anilines is 1. The Morgan fingerprint density at radius 1 is 1.07 bits per heavy atom. The van der Waals surface area contributed by atoms with E-state index in [-0.39, 0.29) is 17.8 Å². The van der Waals surface area contributed by atoms with Crippen molar-refractivity contribution in [1.29, 1.82) is 0 Å². The van der Waals surface area contributed by atoms with Crippen molar-refractivity contribution in [3.63, 3.8) is 0 Å². The second kappa shape index (κ2) is 11.6. The second-order valence-corrected chi connectivity index (χ2v) is 12.4. The molecule has 0 saturated carbocycles. The summed E-state index contributed by atoms with van der Waals surface area (Å²) in [5.41, 5.74) is 4.36. The number of aliphatic carboxylic acids is 1. The fraction of sp³-hybridized carbons (Fsp3) is 0.455. The number of halogens is 1. The number of aromatic nitrogens is 1. The zero-order chi connectivity index (χ0) is 29.2. The molecule has 2 heterocycles. The highest BCUT2D eigenvalue weighted by molar-refractivity contribution is 5.88. The first-order valence-corrected chi connectivity index (χ1v) is 13.9. The number of ether oxygens (including phenoxy) is 2. The molecule has 0 spiro atoms. The van der Waals surface area contributed by atoms with Crippen LogP contribution in [0.3, 0.4) is 0 Å². The highest BCUT2D eigenvalue weighted by Gasteiger charge is 2.36. The standard InChI is InChI=1S/C33H41FN2O4/c1-21-27(24-13-14-26(25(34)19-24)39-20-23-11-9-8-10-12-23)29(36-17-15-33(6,7)16-18-36)28(22(2)35-21)30(31(37)38)40-32(3,4)5/h8-14,19,30H,15-18,20H2,1-7H3,(H,37,38)/t30-/m0/s1. The Morgan fingerprint density at radius 3 is 2.30 bits per heavy atom. The van der Waals surface area contributed by atoms with Crippen LogP contribution in [-0.4, -0.2) is 34.8 Å². The normalized spacial score (nSPS) is 16.1. The van der Waals surface area contributed by atoms with Gasteiger partial charge in [-0.1, -0.05) is 50.2 Å². The smallest absolute Gasteiger partial charge is 0.337 e. The molecule has 3 aromatic rings. The van der Waals surface area contributed by atoms with Crippen LogP contribution in [-0.2, 0) is 16.1 Å². The van der Waals surface area contributed by atoms with Crippen LogP contribution in [0.15, 0.2) is 48.5 Å². The molecule has 1 aliphatic rings. The lowest BCUT2D eigenvalue weighted by Crippen LogP contribution is -2.39. The quantitative estimate of drug-likeness (QED) is 0.312. The Kier molecular flexibility index (Phi) is 8.55. The third-order valence-corrected chi connectivity index (χ3v) is 7.43. The molecule has 0 radical (unpaired) electrons. The van der Waals surface area contributed by atoms with Gasteiger partial charge < -0.3 is 19.5 Å². The van der Waals surface area contributed by atoms with E-state index in [9.17, 15) is 9.90 Å². The molecule has 0 amide bonds. The number of aryl methyl sites for hydroxylation is 2. The fourth-order valence-electron chi connectivity index (χ4n) is 5.26. The van der Waals surface area contributed by atoms with Gasteiger partial charge in [0.2, 0.25) is 0 Å². The molecule has 0 aliphatic carbocycles. The fourth-order valence-corrected chi connectivity index (χ4v) is 5.26. The minimum absolute atomic E-state index is 0.159. The monoisotopic (exact) mass is 548 g/mol. The number of carbonyl (C=O) groups is 1. The summed E-state index contributed by atoms with van der Waals surface area (Å²) in [6.07, 6.45) is 0.672. The molecule has 1 saturated heterocycles. The first-order valence-electron chi connectivity index (χ1n) is 13.9. The molecule has 1 fully saturated rings. The van der Waals surface area contributed by atoms with Crippen LogP contribution < -0.4 is 9.64 Å². The predicted octanol–water partition coefficient (Wildman–Crippen LogP) is 7.65. The third kappa shape index (κ3) is 6.81. The van der Waals surface area contributed by atoms with Crippen LogP contribution in [0, 0.1) is 25.1 Å². The maximum absolute atomic E-state index is 15.5. The number of carboxylic acids is 1. The average Bonchev–Trinajstić information content (AvgIpc) is 2.86. The van der Waals surface area contributed by atoms with Crippen LogP contribution in [0.4, 0.5) is 10.1 Å². The summed E-state index contributed by atoms with van der Waals surface area (Å²) < 4.78 is 27.4. The van der Waals surface area contributed by atoms with Crippen LogP contribution in [0.1, 0.15) is 76.1 Å². The molecule has 7 heteroatoms. The van der Waals surface area contributed by atoms with Gasteiger partial charge in [0.15, 0.2) is 17.7 Å². The van der Waals surface area contributed by atoms with Gasteiger partial charge in [0.05, 0.1) is 11.3 Å². The van der Waals surface area contributed by atoms with Gasteiger partial charge in [-0.05, 0) is 76.1 Å². The Bertz CT molecular complexity index is 1360. The summed E-state index contributed by atoms with van der Waals surface area (Å²) in [6.45, 7) is 15.5. The zero-order valence-electron chi connectivity index (χ0n) is 24.7. The molecule has 1 N–H and O–H groups in total. The summed E-state index contributed by atoms with van der Waals surface area (Å²) >= 11 is 0. The van der Waals surface area contributed by atoms with Gasteiger partial charge in [0.1, 0.15) is 6.61 Å². The molecule has 0 bridgehead atoms. The summed E-state index contributed by atoms with van der Waals surface area (Å²) in [6, 6.07) is 14.5. The van der Waals surface area contributed by atoms with Gasteiger partial charge in [-0.15, -0.1) is 0 Å². The van der Waals surface area contributed by atoms with E-state index >= 15 is 4.39 Å². The van der Waals surface area contributed by atoms with Gasteiger partial charge in [0.25, 0.3) is 0 Å². The van der Waals surface area contributed by atoms with Gasteiger partial charge in [0, 0.05) is 35.6 Å². The van der Waals surface area contributed by atoms with Crippen LogP contribution in [0.25, 0.3) is 11.1 Å². The molecule has 1 aromatic heterocycles. The molecule has 214 valence electrons. The van der Waals surface area contributed by atoms with Gasteiger partial charge in [-0.25, -0.2) is 9.18 Å². The van der Waals surface area contributed by atoms with Crippen LogP contribution >= 0.6 is 0 Å². The van der Waals surface area contributed by atoms with E-state index in [1.807, 2.05) is 71.0 Å². The molecule has 0 unspecified atom stereocenters. The maximum Gasteiger partial charge on any atom is 0.337 e. The number of nitrogens with zero attached hydrogens (tertiary/aromatic N) is 2. The first-order chi connectivity index (χ1) is 18.8. The highest BCUT2D eigenvalue weighted by Crippen LogP contribution is 2.45. The molecule has 4 rings (SSSR count). The SMILES string of the molecule is Cc1nc(C)c([C@H](OC(C)(C)C)C(=O)O)c(N2CCC(C)(C)CC2)c1-c1ccc(OCc2ccccc2)c(F)c1. The van der Waals surface area contributed by atoms with E-state index in [0.29, 0.717) is 22.5 Å². The van der Waals surface area contributed by atoms with Crippen molar-refractivity contribution in [3.8, 4) is 16.9 Å². The lowest BCUT2D eigenvalue weighted by Gasteiger charge is -2.41. The maximum atomic E-state index is 15.5. The Labute approximate surface area is 237 Å². The van der Waals surface area contributed by atoms with Crippen molar-refractivity contribution < 1.29 is 23.8 Å². The summed E-state index contributed by atoms with van der Waals surface area (Å²) in [7, 11) is 0. The number of rotatable bonds is 8. The van der Waals surface area contributed by atoms with Crippen LogP contribution in [0.5, 0.6) is 5.75 Å². The summed E-state index contributed by atoms with van der Waals surface area (Å²) in [5.74, 6) is -1.41. The van der Waals surface area contributed by atoms with Gasteiger partial charge >= 0.3 is 5.97 Å². The molecule has 2 aromatic carbocycles.